The summed E-state index contributed by atoms with van der Waals surface area (Å²) in [6, 6.07) is 10.6. The minimum atomic E-state index is -0.487. The molecule has 2 fully saturated rings. The molecule has 1 amide bonds. The van der Waals surface area contributed by atoms with Crippen molar-refractivity contribution < 1.29 is 9.18 Å². The van der Waals surface area contributed by atoms with Crippen LogP contribution in [0.5, 0.6) is 0 Å². The van der Waals surface area contributed by atoms with Crippen LogP contribution in [0.2, 0.25) is 0 Å². The van der Waals surface area contributed by atoms with Gasteiger partial charge in [0.25, 0.3) is 5.91 Å². The fourth-order valence-electron chi connectivity index (χ4n) is 4.99. The number of halogens is 1. The maximum absolute atomic E-state index is 14.8. The first-order chi connectivity index (χ1) is 15.0. The monoisotopic (exact) mass is 417 g/mol. The molecule has 31 heavy (non-hydrogen) atoms. The number of likely N-dealkylation sites (N-methyl/N-ethyl adjacent to an activating group) is 1. The summed E-state index contributed by atoms with van der Waals surface area (Å²) in [4.78, 5) is 30.6. The molecule has 1 saturated carbocycles. The molecule has 3 atom stereocenters. The summed E-state index contributed by atoms with van der Waals surface area (Å²) in [5, 5.41) is 0. The Morgan fingerprint density at radius 1 is 1.10 bits per heavy atom. The van der Waals surface area contributed by atoms with E-state index in [0.29, 0.717) is 18.0 Å². The van der Waals surface area contributed by atoms with Crippen molar-refractivity contribution in [2.75, 3.05) is 18.5 Å². The van der Waals surface area contributed by atoms with Gasteiger partial charge >= 0.3 is 0 Å². The van der Waals surface area contributed by atoms with E-state index in [2.05, 4.69) is 19.9 Å². The van der Waals surface area contributed by atoms with Crippen LogP contribution >= 0.6 is 0 Å². The van der Waals surface area contributed by atoms with Gasteiger partial charge in [-0.15, -0.1) is 0 Å². The molecule has 3 aromatic rings. The second-order valence-electron chi connectivity index (χ2n) is 8.47. The molecular weight excluding hydrogens is 393 g/mol. The van der Waals surface area contributed by atoms with Crippen LogP contribution in [0.1, 0.15) is 28.8 Å². The van der Waals surface area contributed by atoms with Gasteiger partial charge in [-0.3, -0.25) is 4.79 Å². The van der Waals surface area contributed by atoms with Crippen LogP contribution in [-0.4, -0.2) is 51.4 Å². The molecular formula is C24H24FN5O. The summed E-state index contributed by atoms with van der Waals surface area (Å²) >= 11 is 0. The van der Waals surface area contributed by atoms with E-state index in [4.69, 9.17) is 0 Å². The Balaban J connectivity index is 1.45. The van der Waals surface area contributed by atoms with Gasteiger partial charge in [-0.1, -0.05) is 12.1 Å². The molecule has 5 rings (SSSR count). The zero-order valence-corrected chi connectivity index (χ0v) is 17.6. The van der Waals surface area contributed by atoms with Crippen molar-refractivity contribution >= 4 is 11.7 Å². The Morgan fingerprint density at radius 3 is 2.61 bits per heavy atom. The maximum atomic E-state index is 14.8. The van der Waals surface area contributed by atoms with Gasteiger partial charge in [0.15, 0.2) is 5.82 Å². The summed E-state index contributed by atoms with van der Waals surface area (Å²) in [5.74, 6) is 0.922. The molecule has 3 heterocycles. The molecule has 1 saturated heterocycles. The normalized spacial score (nSPS) is 22.0. The molecule has 6 nitrogen and oxygen atoms in total. The largest absolute Gasteiger partial charge is 0.355 e. The number of piperidine rings is 1. The first kappa shape index (κ1) is 19.6. The third-order valence-corrected chi connectivity index (χ3v) is 6.50. The quantitative estimate of drug-likeness (QED) is 0.647. The zero-order valence-electron chi connectivity index (χ0n) is 17.6. The van der Waals surface area contributed by atoms with Crippen LogP contribution in [0.25, 0.3) is 11.4 Å². The van der Waals surface area contributed by atoms with E-state index in [0.717, 1.165) is 24.2 Å². The highest BCUT2D eigenvalue weighted by Crippen LogP contribution is 2.42. The Kier molecular flexibility index (Phi) is 4.88. The Morgan fingerprint density at radius 2 is 1.90 bits per heavy atom. The smallest absolute Gasteiger partial charge is 0.255 e. The molecule has 1 aliphatic heterocycles. The molecule has 2 aromatic heterocycles. The van der Waals surface area contributed by atoms with Crippen LogP contribution in [0.3, 0.4) is 0 Å². The van der Waals surface area contributed by atoms with E-state index in [9.17, 15) is 9.18 Å². The molecule has 1 aliphatic carbocycles. The molecule has 7 heteroatoms. The lowest BCUT2D eigenvalue weighted by Crippen LogP contribution is -2.51. The number of anilines is 1. The minimum absolute atomic E-state index is 0.0680. The summed E-state index contributed by atoms with van der Waals surface area (Å²) in [5.41, 5.74) is 1.60. The average Bonchev–Trinajstić information content (AvgIpc) is 3.40. The number of fused-ring (bicyclic) bond motifs is 2. The number of rotatable bonds is 4. The molecule has 0 N–H and O–H groups in total. The van der Waals surface area contributed by atoms with Gasteiger partial charge in [0.2, 0.25) is 0 Å². The SMILES string of the molecule is Cc1ccc(N(C)C2CC3CC2N(C(=O)c2cccc(F)c2-c2ncccn2)C3)nc1. The lowest BCUT2D eigenvalue weighted by atomic mass is 10.0. The second-order valence-corrected chi connectivity index (χ2v) is 8.47. The number of carbonyl (C=O) groups is 1. The van der Waals surface area contributed by atoms with Crippen molar-refractivity contribution in [3.63, 3.8) is 0 Å². The number of carbonyl (C=O) groups excluding carboxylic acids is 1. The summed E-state index contributed by atoms with van der Waals surface area (Å²) in [6.07, 6.45) is 6.96. The van der Waals surface area contributed by atoms with Crippen LogP contribution in [0, 0.1) is 18.7 Å². The molecule has 3 unspecified atom stereocenters. The predicted octanol–water partition coefficient (Wildman–Crippen LogP) is 3.73. The van der Waals surface area contributed by atoms with Gasteiger partial charge in [-0.05, 0) is 55.5 Å². The van der Waals surface area contributed by atoms with E-state index in [1.807, 2.05) is 37.2 Å². The zero-order chi connectivity index (χ0) is 21.5. The van der Waals surface area contributed by atoms with Crippen molar-refractivity contribution in [3.8, 4) is 11.4 Å². The van der Waals surface area contributed by atoms with E-state index in [1.165, 1.54) is 6.07 Å². The van der Waals surface area contributed by atoms with Crippen LogP contribution in [0.4, 0.5) is 10.2 Å². The van der Waals surface area contributed by atoms with Gasteiger partial charge in [0.1, 0.15) is 11.6 Å². The van der Waals surface area contributed by atoms with Crippen molar-refractivity contribution in [3.05, 3.63) is 71.9 Å². The highest BCUT2D eigenvalue weighted by molar-refractivity contribution is 6.00. The predicted molar refractivity (Wildman–Crippen MR) is 116 cm³/mol. The van der Waals surface area contributed by atoms with Crippen molar-refractivity contribution in [2.24, 2.45) is 5.92 Å². The third kappa shape index (κ3) is 3.44. The number of nitrogens with zero attached hydrogens (tertiary/aromatic N) is 5. The summed E-state index contributed by atoms with van der Waals surface area (Å²) < 4.78 is 14.8. The molecule has 2 bridgehead atoms. The minimum Gasteiger partial charge on any atom is -0.355 e. The van der Waals surface area contributed by atoms with Gasteiger partial charge in [0, 0.05) is 32.2 Å². The van der Waals surface area contributed by atoms with Gasteiger partial charge in [-0.25, -0.2) is 19.3 Å². The summed E-state index contributed by atoms with van der Waals surface area (Å²) in [6.45, 7) is 2.71. The number of aryl methyl sites for hydroxylation is 1. The second kappa shape index (κ2) is 7.72. The van der Waals surface area contributed by atoms with E-state index in [-0.39, 0.29) is 29.4 Å². The average molecular weight is 417 g/mol. The highest BCUT2D eigenvalue weighted by atomic mass is 19.1. The van der Waals surface area contributed by atoms with Crippen molar-refractivity contribution in [1.29, 1.82) is 0 Å². The van der Waals surface area contributed by atoms with Crippen LogP contribution in [-0.2, 0) is 0 Å². The molecule has 0 radical (unpaired) electrons. The number of benzene rings is 1. The Hall–Kier alpha value is -3.35. The highest BCUT2D eigenvalue weighted by Gasteiger charge is 2.49. The van der Waals surface area contributed by atoms with Crippen LogP contribution in [0.15, 0.2) is 55.0 Å². The number of amides is 1. The van der Waals surface area contributed by atoms with Crippen molar-refractivity contribution in [1.82, 2.24) is 19.9 Å². The lowest BCUT2D eigenvalue weighted by molar-refractivity contribution is 0.0683. The standard InChI is InChI=1S/C24H24FN5O/c1-15-7-8-21(28-13-15)29(2)19-11-16-12-20(19)30(14-16)24(31)17-5-3-6-18(25)22(17)23-26-9-4-10-27-23/h3-10,13,16,19-20H,11-12,14H2,1-2H3. The van der Waals surface area contributed by atoms with E-state index >= 15 is 0 Å². The van der Waals surface area contributed by atoms with E-state index in [1.54, 1.807) is 30.6 Å². The van der Waals surface area contributed by atoms with E-state index < -0.39 is 5.82 Å². The Bertz CT molecular complexity index is 1100. The number of likely N-dealkylation sites (tertiary alicyclic amines) is 1. The molecule has 158 valence electrons. The van der Waals surface area contributed by atoms with Gasteiger partial charge < -0.3 is 9.80 Å². The third-order valence-electron chi connectivity index (χ3n) is 6.50. The number of pyridine rings is 1. The Labute approximate surface area is 180 Å². The fourth-order valence-corrected chi connectivity index (χ4v) is 4.99. The fraction of sp³-hybridized carbons (Fsp3) is 0.333. The van der Waals surface area contributed by atoms with Crippen LogP contribution < -0.4 is 4.90 Å². The van der Waals surface area contributed by atoms with Crippen molar-refractivity contribution in [2.45, 2.75) is 31.8 Å². The number of hydrogen-bond acceptors (Lipinski definition) is 5. The topological polar surface area (TPSA) is 62.2 Å². The van der Waals surface area contributed by atoms with Gasteiger partial charge in [-0.2, -0.15) is 0 Å². The first-order valence-corrected chi connectivity index (χ1v) is 10.6. The first-order valence-electron chi connectivity index (χ1n) is 10.6. The lowest BCUT2D eigenvalue weighted by Gasteiger charge is -2.39. The molecule has 0 spiro atoms. The number of aromatic nitrogens is 3. The summed E-state index contributed by atoms with van der Waals surface area (Å²) in [7, 11) is 2.04. The molecule has 2 aliphatic rings. The molecule has 1 aromatic carbocycles. The number of hydrogen-bond donors (Lipinski definition) is 0. The maximum Gasteiger partial charge on any atom is 0.255 e. The van der Waals surface area contributed by atoms with Gasteiger partial charge in [0.05, 0.1) is 23.2 Å².